The number of hydrogen-bond donors (Lipinski definition) is 0. The number of aryl methyl sites for hydroxylation is 6. The maximum absolute atomic E-state index is 2.47. The normalized spacial score (nSPS) is 12.1. The lowest BCUT2D eigenvalue weighted by Crippen LogP contribution is -2.37. The lowest BCUT2D eigenvalue weighted by Gasteiger charge is -2.22. The first-order chi connectivity index (χ1) is 23.8. The van der Waals surface area contributed by atoms with Gasteiger partial charge in [-0.25, -0.2) is 0 Å². The van der Waals surface area contributed by atoms with E-state index in [4.69, 9.17) is 0 Å². The van der Waals surface area contributed by atoms with Gasteiger partial charge in [-0.3, -0.25) is 0 Å². The van der Waals surface area contributed by atoms with E-state index in [0.717, 1.165) is 0 Å². The van der Waals surface area contributed by atoms with Crippen LogP contribution in [0.5, 0.6) is 0 Å². The van der Waals surface area contributed by atoms with Crippen molar-refractivity contribution in [2.24, 2.45) is 0 Å². The Hall–Kier alpha value is -4.98. The summed E-state index contributed by atoms with van der Waals surface area (Å²) in [6.45, 7) is 20.6. The fraction of sp³-hybridized carbons (Fsp3) is 0.184. The Kier molecular flexibility index (Phi) is 7.62. The lowest BCUT2D eigenvalue weighted by molar-refractivity contribution is 1.38. The summed E-state index contributed by atoms with van der Waals surface area (Å²) in [5.74, 6) is 0. The number of benzene rings is 8. The van der Waals surface area contributed by atoms with E-state index in [1.165, 1.54) is 115 Å². The summed E-state index contributed by atoms with van der Waals surface area (Å²) in [7, 11) is -1.43. The van der Waals surface area contributed by atoms with Crippen LogP contribution in [0.25, 0.3) is 76.8 Å². The molecular weight excluding hydrogens is 617 g/mol. The molecule has 0 N–H and O–H groups in total. The molecule has 0 aliphatic rings. The molecular formula is C49H46Si. The van der Waals surface area contributed by atoms with E-state index in [1.807, 2.05) is 0 Å². The molecule has 0 saturated heterocycles. The SMILES string of the molecule is Cc1cc(C)cc(-c2cc(-c3ccc([Si](C)(C)C)cc3)c3ccc4c(-c5cc(C)cc(C)c5)cc(-c5cc(C)cc(C)c5)c5ccc2c3c45)c1. The van der Waals surface area contributed by atoms with Crippen LogP contribution < -0.4 is 5.19 Å². The van der Waals surface area contributed by atoms with Crippen LogP contribution in [0.15, 0.2) is 115 Å². The minimum Gasteiger partial charge on any atom is -0.0656 e. The molecule has 0 unspecified atom stereocenters. The van der Waals surface area contributed by atoms with Gasteiger partial charge in [0.05, 0.1) is 8.07 Å². The van der Waals surface area contributed by atoms with Crippen LogP contribution in [-0.2, 0) is 0 Å². The van der Waals surface area contributed by atoms with E-state index in [9.17, 15) is 0 Å². The molecule has 0 saturated carbocycles. The van der Waals surface area contributed by atoms with Crippen LogP contribution in [0.1, 0.15) is 33.4 Å². The third-order valence-corrected chi connectivity index (χ3v) is 12.6. The maximum atomic E-state index is 2.47. The van der Waals surface area contributed by atoms with Crippen molar-refractivity contribution in [1.82, 2.24) is 0 Å². The molecule has 0 aliphatic carbocycles. The van der Waals surface area contributed by atoms with Crippen LogP contribution in [0.4, 0.5) is 0 Å². The molecule has 0 spiro atoms. The van der Waals surface area contributed by atoms with Gasteiger partial charge in [0.15, 0.2) is 0 Å². The standard InChI is InChI=1S/C49H46Si/c1-29-18-30(2)22-36(21-29)45-27-44(35-10-12-39(13-11-35)50(7,8)9)40-14-15-42-46(37-23-31(3)19-32(4)24-37)28-47(38-25-33(5)20-34(6)26-38)43-17-16-41(45)48(40)49(42)43/h10-28H,1-9H3. The first kappa shape index (κ1) is 32.2. The molecule has 0 amide bonds. The van der Waals surface area contributed by atoms with Crippen molar-refractivity contribution in [2.45, 2.75) is 61.2 Å². The molecule has 0 aromatic heterocycles. The Balaban J connectivity index is 1.56. The van der Waals surface area contributed by atoms with Crippen molar-refractivity contribution in [1.29, 1.82) is 0 Å². The zero-order chi connectivity index (χ0) is 35.1. The van der Waals surface area contributed by atoms with Gasteiger partial charge in [0.25, 0.3) is 0 Å². The average Bonchev–Trinajstić information content (AvgIpc) is 3.05. The summed E-state index contributed by atoms with van der Waals surface area (Å²) in [6, 6.07) is 45.0. The largest absolute Gasteiger partial charge is 0.0775 e. The van der Waals surface area contributed by atoms with Crippen molar-refractivity contribution in [2.75, 3.05) is 0 Å². The summed E-state index contributed by atoms with van der Waals surface area (Å²) >= 11 is 0. The van der Waals surface area contributed by atoms with Gasteiger partial charge >= 0.3 is 0 Å². The Morgan fingerprint density at radius 1 is 0.300 bits per heavy atom. The average molecular weight is 663 g/mol. The second-order valence-corrected chi connectivity index (χ2v) is 21.0. The third kappa shape index (κ3) is 5.55. The van der Waals surface area contributed by atoms with Crippen molar-refractivity contribution >= 4 is 45.6 Å². The molecule has 0 heterocycles. The fourth-order valence-corrected chi connectivity index (χ4v) is 9.66. The summed E-state index contributed by atoms with van der Waals surface area (Å²) in [6.07, 6.45) is 0. The van der Waals surface area contributed by atoms with E-state index in [0.29, 0.717) is 0 Å². The third-order valence-electron chi connectivity index (χ3n) is 10.6. The Bertz CT molecular complexity index is 2480. The van der Waals surface area contributed by atoms with Gasteiger partial charge in [0, 0.05) is 0 Å². The monoisotopic (exact) mass is 662 g/mol. The molecule has 1 heteroatoms. The smallest absolute Gasteiger partial charge is 0.0656 e. The summed E-state index contributed by atoms with van der Waals surface area (Å²) < 4.78 is 0. The van der Waals surface area contributed by atoms with Crippen molar-refractivity contribution in [3.8, 4) is 44.5 Å². The summed E-state index contributed by atoms with van der Waals surface area (Å²) in [5, 5.41) is 9.47. The fourth-order valence-electron chi connectivity index (χ4n) is 8.49. The van der Waals surface area contributed by atoms with E-state index in [2.05, 4.69) is 176 Å². The maximum Gasteiger partial charge on any atom is 0.0775 e. The van der Waals surface area contributed by atoms with Crippen LogP contribution in [-0.4, -0.2) is 8.07 Å². The quantitative estimate of drug-likeness (QED) is 0.127. The highest BCUT2D eigenvalue weighted by molar-refractivity contribution is 6.88. The van der Waals surface area contributed by atoms with Gasteiger partial charge in [-0.2, -0.15) is 0 Å². The highest BCUT2D eigenvalue weighted by Crippen LogP contribution is 2.48. The minimum atomic E-state index is -1.43. The predicted molar refractivity (Wildman–Crippen MR) is 223 cm³/mol. The van der Waals surface area contributed by atoms with E-state index >= 15 is 0 Å². The Labute approximate surface area is 298 Å². The van der Waals surface area contributed by atoms with E-state index < -0.39 is 8.07 Å². The molecule has 8 aromatic rings. The summed E-state index contributed by atoms with van der Waals surface area (Å²) in [4.78, 5) is 0. The van der Waals surface area contributed by atoms with Crippen LogP contribution in [0.3, 0.4) is 0 Å². The predicted octanol–water partition coefficient (Wildman–Crippen LogP) is 13.6. The van der Waals surface area contributed by atoms with Crippen LogP contribution in [0.2, 0.25) is 19.6 Å². The molecule has 8 rings (SSSR count). The van der Waals surface area contributed by atoms with Crippen molar-refractivity contribution < 1.29 is 0 Å². The number of hydrogen-bond acceptors (Lipinski definition) is 0. The van der Waals surface area contributed by atoms with Crippen molar-refractivity contribution in [3.63, 3.8) is 0 Å². The zero-order valence-electron chi connectivity index (χ0n) is 31.0. The molecule has 0 aliphatic heterocycles. The molecule has 0 fully saturated rings. The molecule has 8 aromatic carbocycles. The first-order valence-electron chi connectivity index (χ1n) is 18.0. The van der Waals surface area contributed by atoms with Crippen LogP contribution >= 0.6 is 0 Å². The topological polar surface area (TPSA) is 0 Å². The van der Waals surface area contributed by atoms with E-state index in [1.54, 1.807) is 0 Å². The molecule has 0 bridgehead atoms. The molecule has 0 nitrogen and oxygen atoms in total. The minimum absolute atomic E-state index is 1.28. The second-order valence-electron chi connectivity index (χ2n) is 16.0. The van der Waals surface area contributed by atoms with Gasteiger partial charge in [-0.1, -0.05) is 161 Å². The van der Waals surface area contributed by atoms with E-state index in [-0.39, 0.29) is 0 Å². The molecule has 246 valence electrons. The second kappa shape index (κ2) is 11.8. The van der Waals surface area contributed by atoms with Gasteiger partial charge in [-0.05, 0) is 131 Å². The van der Waals surface area contributed by atoms with Crippen LogP contribution in [0, 0.1) is 41.5 Å². The highest BCUT2D eigenvalue weighted by Gasteiger charge is 2.22. The summed E-state index contributed by atoms with van der Waals surface area (Å²) in [5.41, 5.74) is 18.1. The highest BCUT2D eigenvalue weighted by atomic mass is 28.3. The van der Waals surface area contributed by atoms with Gasteiger partial charge < -0.3 is 0 Å². The molecule has 0 atom stereocenters. The first-order valence-corrected chi connectivity index (χ1v) is 21.5. The number of rotatable bonds is 5. The van der Waals surface area contributed by atoms with Gasteiger partial charge in [0.2, 0.25) is 0 Å². The lowest BCUT2D eigenvalue weighted by atomic mass is 9.81. The molecule has 0 radical (unpaired) electrons. The zero-order valence-corrected chi connectivity index (χ0v) is 32.0. The van der Waals surface area contributed by atoms with Gasteiger partial charge in [-0.15, -0.1) is 0 Å². The molecule has 50 heavy (non-hydrogen) atoms. The van der Waals surface area contributed by atoms with Crippen molar-refractivity contribution in [3.05, 3.63) is 149 Å². The Morgan fingerprint density at radius 3 is 0.860 bits per heavy atom. The van der Waals surface area contributed by atoms with Gasteiger partial charge in [0.1, 0.15) is 0 Å². The Morgan fingerprint density at radius 2 is 0.580 bits per heavy atom.